The molecule has 0 saturated heterocycles. The minimum absolute atomic E-state index is 0.0903. The molecule has 0 aliphatic carbocycles. The summed E-state index contributed by atoms with van der Waals surface area (Å²) in [6, 6.07) is 4.61. The molecule has 3 rings (SSSR count). The van der Waals surface area contributed by atoms with Crippen LogP contribution in [-0.2, 0) is 16.4 Å². The van der Waals surface area contributed by atoms with Gasteiger partial charge in [-0.15, -0.1) is 5.10 Å². The van der Waals surface area contributed by atoms with E-state index in [-0.39, 0.29) is 21.8 Å². The number of nitrogens with zero attached hydrogens (tertiary/aromatic N) is 4. The van der Waals surface area contributed by atoms with Crippen molar-refractivity contribution in [2.75, 3.05) is 26.7 Å². The van der Waals surface area contributed by atoms with Crippen LogP contribution in [0.4, 0.5) is 0 Å². The van der Waals surface area contributed by atoms with Gasteiger partial charge in [0, 0.05) is 32.1 Å². The molecule has 3 aromatic rings. The van der Waals surface area contributed by atoms with E-state index in [1.165, 1.54) is 16.4 Å². The molecule has 2 N–H and O–H groups in total. The molecule has 11 heteroatoms. The Kier molecular flexibility index (Phi) is 8.03. The Hall–Kier alpha value is -2.76. The van der Waals surface area contributed by atoms with Gasteiger partial charge in [0.25, 0.3) is 5.56 Å². The Morgan fingerprint density at radius 3 is 2.57 bits per heavy atom. The first-order chi connectivity index (χ1) is 16.4. The van der Waals surface area contributed by atoms with Crippen molar-refractivity contribution >= 4 is 15.5 Å². The standard InChI is InChI=1S/C24H36N6O4S/c1-8-10-20-26-16(3)21-23(31)27-22(28-30(20)21)18-15-17(11-12-19(18)34-9-2)35(32,33)29(7)14-13-25-24(4,5)6/h11-12,15,25H,8-10,13-14H2,1-7H3,(H,27,28,31). The highest BCUT2D eigenvalue weighted by atomic mass is 32.2. The fraction of sp³-hybridized carbons (Fsp3) is 0.542. The van der Waals surface area contributed by atoms with Crippen molar-refractivity contribution in [1.29, 1.82) is 0 Å². The van der Waals surface area contributed by atoms with Gasteiger partial charge in [-0.3, -0.25) is 4.79 Å². The average molecular weight is 505 g/mol. The van der Waals surface area contributed by atoms with Gasteiger partial charge in [0.2, 0.25) is 10.0 Å². The fourth-order valence-electron chi connectivity index (χ4n) is 3.77. The topological polar surface area (TPSA) is 122 Å². The third-order valence-corrected chi connectivity index (χ3v) is 7.37. The van der Waals surface area contributed by atoms with Crippen LogP contribution in [0.5, 0.6) is 5.75 Å². The van der Waals surface area contributed by atoms with Crippen LogP contribution >= 0.6 is 0 Å². The summed E-state index contributed by atoms with van der Waals surface area (Å²) < 4.78 is 35.2. The number of H-pyrrole nitrogens is 1. The highest BCUT2D eigenvalue weighted by Gasteiger charge is 2.24. The number of rotatable bonds is 10. The van der Waals surface area contributed by atoms with Crippen LogP contribution in [0.2, 0.25) is 0 Å². The van der Waals surface area contributed by atoms with Crippen molar-refractivity contribution in [2.45, 2.75) is 64.8 Å². The summed E-state index contributed by atoms with van der Waals surface area (Å²) in [4.78, 5) is 20.3. The van der Waals surface area contributed by atoms with Gasteiger partial charge in [-0.2, -0.15) is 4.31 Å². The van der Waals surface area contributed by atoms with E-state index in [9.17, 15) is 13.2 Å². The number of imidazole rings is 1. The number of aromatic nitrogens is 4. The number of hydrogen-bond acceptors (Lipinski definition) is 7. The molecular weight excluding hydrogens is 468 g/mol. The molecule has 0 unspecified atom stereocenters. The van der Waals surface area contributed by atoms with Crippen LogP contribution < -0.4 is 15.6 Å². The molecule has 1 aromatic carbocycles. The molecule has 2 aromatic heterocycles. The summed E-state index contributed by atoms with van der Waals surface area (Å²) in [5.74, 6) is 1.33. The van der Waals surface area contributed by atoms with E-state index in [4.69, 9.17) is 4.74 Å². The molecule has 0 aliphatic rings. The molecule has 0 spiro atoms. The van der Waals surface area contributed by atoms with Crippen molar-refractivity contribution in [3.63, 3.8) is 0 Å². The minimum atomic E-state index is -3.79. The highest BCUT2D eigenvalue weighted by Crippen LogP contribution is 2.31. The Morgan fingerprint density at radius 2 is 1.94 bits per heavy atom. The Morgan fingerprint density at radius 1 is 1.23 bits per heavy atom. The number of ether oxygens (including phenoxy) is 1. The molecule has 2 heterocycles. The van der Waals surface area contributed by atoms with Gasteiger partial charge < -0.3 is 15.0 Å². The maximum absolute atomic E-state index is 13.3. The molecule has 0 saturated carbocycles. The lowest BCUT2D eigenvalue weighted by Gasteiger charge is -2.23. The summed E-state index contributed by atoms with van der Waals surface area (Å²) >= 11 is 0. The van der Waals surface area contributed by atoms with Crippen LogP contribution in [-0.4, -0.2) is 64.6 Å². The van der Waals surface area contributed by atoms with E-state index in [0.29, 0.717) is 54.5 Å². The zero-order valence-corrected chi connectivity index (χ0v) is 22.4. The molecule has 192 valence electrons. The third-order valence-electron chi connectivity index (χ3n) is 5.51. The quantitative estimate of drug-likeness (QED) is 0.435. The predicted molar refractivity (Wildman–Crippen MR) is 137 cm³/mol. The number of likely N-dealkylation sites (N-methyl/N-ethyl adjacent to an activating group) is 1. The van der Waals surface area contributed by atoms with E-state index in [1.54, 1.807) is 24.6 Å². The van der Waals surface area contributed by atoms with Crippen molar-refractivity contribution in [2.24, 2.45) is 0 Å². The summed E-state index contributed by atoms with van der Waals surface area (Å²) in [6.07, 6.45) is 1.50. The van der Waals surface area contributed by atoms with Crippen LogP contribution in [0.15, 0.2) is 27.9 Å². The van der Waals surface area contributed by atoms with Gasteiger partial charge in [0.05, 0.1) is 22.8 Å². The van der Waals surface area contributed by atoms with Crippen LogP contribution in [0.25, 0.3) is 16.9 Å². The molecule has 0 amide bonds. The number of hydrogen-bond donors (Lipinski definition) is 2. The highest BCUT2D eigenvalue weighted by molar-refractivity contribution is 7.89. The molecule has 0 radical (unpaired) electrons. The Balaban J connectivity index is 2.08. The van der Waals surface area contributed by atoms with Crippen molar-refractivity contribution in [3.05, 3.63) is 40.1 Å². The number of aryl methyl sites for hydroxylation is 2. The van der Waals surface area contributed by atoms with Crippen LogP contribution in [0, 0.1) is 6.92 Å². The van der Waals surface area contributed by atoms with Crippen LogP contribution in [0.3, 0.4) is 0 Å². The first kappa shape index (κ1) is 26.8. The van der Waals surface area contributed by atoms with Crippen molar-refractivity contribution in [1.82, 2.24) is 29.2 Å². The van der Waals surface area contributed by atoms with Crippen molar-refractivity contribution in [3.8, 4) is 17.1 Å². The first-order valence-electron chi connectivity index (χ1n) is 11.9. The van der Waals surface area contributed by atoms with Crippen molar-refractivity contribution < 1.29 is 13.2 Å². The second kappa shape index (κ2) is 10.5. The van der Waals surface area contributed by atoms with E-state index >= 15 is 0 Å². The SMILES string of the molecule is CCCc1nc(C)c2c(=O)[nH]c(-c3cc(S(=O)(=O)N(C)CCNC(C)(C)C)ccc3OCC)nn12. The zero-order chi connectivity index (χ0) is 26.0. The monoisotopic (exact) mass is 504 g/mol. The number of sulfonamides is 1. The molecule has 10 nitrogen and oxygen atoms in total. The lowest BCUT2D eigenvalue weighted by Crippen LogP contribution is -2.41. The summed E-state index contributed by atoms with van der Waals surface area (Å²) in [7, 11) is -2.24. The maximum atomic E-state index is 13.3. The van der Waals surface area contributed by atoms with Gasteiger partial charge in [-0.25, -0.2) is 17.9 Å². The third kappa shape index (κ3) is 5.91. The fourth-order valence-corrected chi connectivity index (χ4v) is 4.97. The lowest BCUT2D eigenvalue weighted by molar-refractivity contribution is 0.341. The Labute approximate surface area is 206 Å². The number of fused-ring (bicyclic) bond motifs is 1. The number of nitrogens with one attached hydrogen (secondary N) is 2. The molecule has 0 bridgehead atoms. The van der Waals surface area contributed by atoms with Crippen LogP contribution in [0.1, 0.15) is 52.6 Å². The van der Waals surface area contributed by atoms with Gasteiger partial charge in [0.15, 0.2) is 11.3 Å². The number of benzene rings is 1. The summed E-state index contributed by atoms with van der Waals surface area (Å²) in [5, 5.41) is 7.93. The summed E-state index contributed by atoms with van der Waals surface area (Å²) in [6.45, 7) is 12.9. The molecule has 0 atom stereocenters. The summed E-state index contributed by atoms with van der Waals surface area (Å²) in [5.41, 5.74) is 0.908. The van der Waals surface area contributed by atoms with E-state index in [0.717, 1.165) is 6.42 Å². The molecule has 35 heavy (non-hydrogen) atoms. The zero-order valence-electron chi connectivity index (χ0n) is 21.6. The predicted octanol–water partition coefficient (Wildman–Crippen LogP) is 2.75. The van der Waals surface area contributed by atoms with E-state index < -0.39 is 10.0 Å². The smallest absolute Gasteiger partial charge is 0.277 e. The second-order valence-electron chi connectivity index (χ2n) is 9.52. The minimum Gasteiger partial charge on any atom is -0.493 e. The van der Waals surface area contributed by atoms with Gasteiger partial charge >= 0.3 is 0 Å². The maximum Gasteiger partial charge on any atom is 0.277 e. The van der Waals surface area contributed by atoms with Gasteiger partial charge in [-0.1, -0.05) is 6.92 Å². The van der Waals surface area contributed by atoms with Gasteiger partial charge in [0.1, 0.15) is 11.6 Å². The van der Waals surface area contributed by atoms with E-state index in [1.807, 2.05) is 34.6 Å². The molecular formula is C24H36N6O4S. The number of aromatic amines is 1. The normalized spacial score (nSPS) is 12.6. The average Bonchev–Trinajstić information content (AvgIpc) is 3.09. The second-order valence-corrected chi connectivity index (χ2v) is 11.6. The molecule has 0 aliphatic heterocycles. The molecule has 0 fully saturated rings. The van der Waals surface area contributed by atoms with Gasteiger partial charge in [-0.05, 0) is 59.2 Å². The first-order valence-corrected chi connectivity index (χ1v) is 13.3. The Bertz CT molecular complexity index is 1350. The van der Waals surface area contributed by atoms with E-state index in [2.05, 4.69) is 20.4 Å². The lowest BCUT2D eigenvalue weighted by atomic mass is 10.1. The largest absolute Gasteiger partial charge is 0.493 e.